The van der Waals surface area contributed by atoms with E-state index in [2.05, 4.69) is 15.1 Å². The highest BCUT2D eigenvalue weighted by atomic mass is 35.5. The van der Waals surface area contributed by atoms with Gasteiger partial charge in [-0.2, -0.15) is 0 Å². The molecule has 0 saturated heterocycles. The first-order chi connectivity index (χ1) is 10.6. The highest BCUT2D eigenvalue weighted by molar-refractivity contribution is 6.29. The molecule has 0 saturated carbocycles. The molecule has 108 valence electrons. The molecule has 1 atom stereocenters. The molecule has 4 rings (SSSR count). The van der Waals surface area contributed by atoms with E-state index in [1.165, 1.54) is 6.07 Å². The Morgan fingerprint density at radius 2 is 2.09 bits per heavy atom. The zero-order chi connectivity index (χ0) is 15.3. The van der Waals surface area contributed by atoms with Gasteiger partial charge in [0.2, 0.25) is 0 Å². The predicted octanol–water partition coefficient (Wildman–Crippen LogP) is 3.41. The van der Waals surface area contributed by atoms with Crippen LogP contribution in [0, 0.1) is 5.82 Å². The molecule has 3 aromatic rings. The van der Waals surface area contributed by atoms with Crippen molar-refractivity contribution in [1.29, 1.82) is 0 Å². The van der Waals surface area contributed by atoms with Gasteiger partial charge in [-0.15, -0.1) is 4.68 Å². The van der Waals surface area contributed by atoms with Gasteiger partial charge in [-0.3, -0.25) is 4.98 Å². The summed E-state index contributed by atoms with van der Waals surface area (Å²) in [5.74, 6) is 0.874. The molecule has 0 N–H and O–H groups in total. The third-order valence-corrected chi connectivity index (χ3v) is 4.01. The Morgan fingerprint density at radius 1 is 1.23 bits per heavy atom. The minimum atomic E-state index is -0.294. The van der Waals surface area contributed by atoms with Crippen LogP contribution in [-0.4, -0.2) is 15.9 Å². The third kappa shape index (κ3) is 1.97. The van der Waals surface area contributed by atoms with Crippen LogP contribution < -0.4 is 4.68 Å². The van der Waals surface area contributed by atoms with E-state index in [9.17, 15) is 4.39 Å². The van der Waals surface area contributed by atoms with Crippen LogP contribution in [0.4, 0.5) is 10.2 Å². The van der Waals surface area contributed by atoms with E-state index >= 15 is 0 Å². The molecule has 2 aromatic heterocycles. The van der Waals surface area contributed by atoms with Crippen molar-refractivity contribution in [2.75, 3.05) is 0 Å². The SMILES string of the molecule is CC(C1=Nc2ccc(Cl)n[n+]21)c1cc2cccnc2cc1F. The van der Waals surface area contributed by atoms with Crippen molar-refractivity contribution in [1.82, 2.24) is 10.1 Å². The van der Waals surface area contributed by atoms with Crippen molar-refractivity contribution in [2.45, 2.75) is 12.8 Å². The van der Waals surface area contributed by atoms with E-state index in [0.29, 0.717) is 27.9 Å². The summed E-state index contributed by atoms with van der Waals surface area (Å²) >= 11 is 5.91. The van der Waals surface area contributed by atoms with Gasteiger partial charge in [-0.25, -0.2) is 4.39 Å². The number of hydrogen-bond donors (Lipinski definition) is 0. The molecule has 1 aliphatic heterocycles. The maximum atomic E-state index is 14.4. The summed E-state index contributed by atoms with van der Waals surface area (Å²) in [5.41, 5.74) is 1.21. The quantitative estimate of drug-likeness (QED) is 0.680. The fraction of sp³-hybridized carbons (Fsp3) is 0.125. The second kappa shape index (κ2) is 4.81. The van der Waals surface area contributed by atoms with E-state index in [4.69, 9.17) is 11.6 Å². The molecule has 1 unspecified atom stereocenters. The average molecular weight is 314 g/mol. The van der Waals surface area contributed by atoms with Crippen molar-refractivity contribution in [3.63, 3.8) is 0 Å². The fourth-order valence-corrected chi connectivity index (χ4v) is 2.77. The number of hydrogen-bond acceptors (Lipinski definition) is 3. The predicted molar refractivity (Wildman–Crippen MR) is 82.1 cm³/mol. The van der Waals surface area contributed by atoms with Crippen molar-refractivity contribution in [2.24, 2.45) is 4.99 Å². The summed E-state index contributed by atoms with van der Waals surface area (Å²) in [7, 11) is 0. The van der Waals surface area contributed by atoms with Crippen LogP contribution in [0.1, 0.15) is 18.4 Å². The molecule has 0 spiro atoms. The number of aliphatic imine (C=N–C) groups is 1. The Kier molecular flexibility index (Phi) is 2.90. The molecule has 0 radical (unpaired) electrons. The summed E-state index contributed by atoms with van der Waals surface area (Å²) < 4.78 is 16.0. The summed E-state index contributed by atoms with van der Waals surface area (Å²) in [6.45, 7) is 1.90. The first-order valence-corrected chi connectivity index (χ1v) is 7.23. The number of aromatic nitrogens is 3. The zero-order valence-electron chi connectivity index (χ0n) is 11.7. The summed E-state index contributed by atoms with van der Waals surface area (Å²) in [5, 5.41) is 5.48. The lowest BCUT2D eigenvalue weighted by molar-refractivity contribution is -0.626. The molecular weight excluding hydrogens is 303 g/mol. The number of fused-ring (bicyclic) bond motifs is 2. The van der Waals surface area contributed by atoms with E-state index in [-0.39, 0.29) is 11.7 Å². The van der Waals surface area contributed by atoms with Gasteiger partial charge in [-0.05, 0) is 25.1 Å². The molecule has 1 aromatic carbocycles. The van der Waals surface area contributed by atoms with Crippen LogP contribution in [0.2, 0.25) is 5.15 Å². The second-order valence-corrected chi connectivity index (χ2v) is 5.57. The molecule has 0 bridgehead atoms. The van der Waals surface area contributed by atoms with E-state index in [0.717, 1.165) is 5.39 Å². The number of nitrogens with zero attached hydrogens (tertiary/aromatic N) is 4. The van der Waals surface area contributed by atoms with Crippen LogP contribution in [0.15, 0.2) is 47.6 Å². The molecule has 0 amide bonds. The smallest absolute Gasteiger partial charge is 0.256 e. The van der Waals surface area contributed by atoms with E-state index < -0.39 is 0 Å². The van der Waals surface area contributed by atoms with Crippen LogP contribution in [0.5, 0.6) is 0 Å². The summed E-state index contributed by atoms with van der Waals surface area (Å²) in [6, 6.07) is 10.5. The Hall–Kier alpha value is -2.40. The number of rotatable bonds is 2. The molecule has 4 nitrogen and oxygen atoms in total. The van der Waals surface area contributed by atoms with Gasteiger partial charge in [0.25, 0.3) is 11.7 Å². The molecule has 0 aliphatic carbocycles. The minimum absolute atomic E-state index is 0.229. The van der Waals surface area contributed by atoms with Gasteiger partial charge in [0, 0.05) is 29.3 Å². The van der Waals surface area contributed by atoms with Crippen LogP contribution in [-0.2, 0) is 0 Å². The van der Waals surface area contributed by atoms with E-state index in [1.54, 1.807) is 23.0 Å². The molecule has 6 heteroatoms. The van der Waals surface area contributed by atoms with E-state index in [1.807, 2.05) is 25.1 Å². The maximum Gasteiger partial charge on any atom is 0.290 e. The fourth-order valence-electron chi connectivity index (χ4n) is 2.63. The van der Waals surface area contributed by atoms with Gasteiger partial charge >= 0.3 is 0 Å². The van der Waals surface area contributed by atoms with Gasteiger partial charge in [-0.1, -0.05) is 27.8 Å². The Bertz CT molecular complexity index is 939. The molecule has 1 aliphatic rings. The Labute approximate surface area is 130 Å². The van der Waals surface area contributed by atoms with Crippen molar-refractivity contribution < 1.29 is 9.07 Å². The minimum Gasteiger partial charge on any atom is -0.256 e. The van der Waals surface area contributed by atoms with Gasteiger partial charge in [0.1, 0.15) is 5.82 Å². The monoisotopic (exact) mass is 313 g/mol. The normalized spacial score (nSPS) is 14.2. The van der Waals surface area contributed by atoms with Gasteiger partial charge in [0.15, 0.2) is 5.15 Å². The Morgan fingerprint density at radius 3 is 2.95 bits per heavy atom. The molecular formula is C16H11ClFN4+. The summed E-state index contributed by atoms with van der Waals surface area (Å²) in [6.07, 6.45) is 1.65. The largest absolute Gasteiger partial charge is 0.290 e. The molecule has 0 fully saturated rings. The topological polar surface area (TPSA) is 42.0 Å². The number of pyridine rings is 1. The lowest BCUT2D eigenvalue weighted by atomic mass is 9.96. The third-order valence-electron chi connectivity index (χ3n) is 3.80. The van der Waals surface area contributed by atoms with Gasteiger partial charge in [0.05, 0.1) is 11.4 Å². The maximum absolute atomic E-state index is 14.4. The van der Waals surface area contributed by atoms with Crippen LogP contribution in [0.3, 0.4) is 0 Å². The average Bonchev–Trinajstić information content (AvgIpc) is 2.49. The molecule has 22 heavy (non-hydrogen) atoms. The number of halogens is 2. The standard InChI is InChI=1S/C16H11ClFN4/c1-9(16-20-15-5-4-14(17)21-22(15)16)11-7-10-3-2-6-19-13(10)8-12(11)18/h2-9H,1H3/q+1. The van der Waals surface area contributed by atoms with Crippen molar-refractivity contribution >= 4 is 34.2 Å². The first kappa shape index (κ1) is 13.3. The van der Waals surface area contributed by atoms with Crippen molar-refractivity contribution in [3.8, 4) is 0 Å². The lowest BCUT2D eigenvalue weighted by Gasteiger charge is -2.18. The van der Waals surface area contributed by atoms with Gasteiger partial charge < -0.3 is 0 Å². The first-order valence-electron chi connectivity index (χ1n) is 6.85. The van der Waals surface area contributed by atoms with Crippen LogP contribution in [0.25, 0.3) is 10.9 Å². The summed E-state index contributed by atoms with van der Waals surface area (Å²) in [4.78, 5) is 8.56. The lowest BCUT2D eigenvalue weighted by Crippen LogP contribution is -2.55. The highest BCUT2D eigenvalue weighted by Gasteiger charge is 2.34. The second-order valence-electron chi connectivity index (χ2n) is 5.19. The zero-order valence-corrected chi connectivity index (χ0v) is 12.4. The molecule has 3 heterocycles. The number of benzene rings is 1. The van der Waals surface area contributed by atoms with Crippen LogP contribution >= 0.6 is 11.6 Å². The van der Waals surface area contributed by atoms with Crippen molar-refractivity contribution in [3.05, 3.63) is 59.1 Å². The highest BCUT2D eigenvalue weighted by Crippen LogP contribution is 2.28. The Balaban J connectivity index is 1.78.